The lowest BCUT2D eigenvalue weighted by molar-refractivity contribution is -0.143. The fraction of sp³-hybridized carbons (Fsp3) is 0.867. The molecule has 2 bridgehead atoms. The van der Waals surface area contributed by atoms with E-state index in [0.717, 1.165) is 45.2 Å². The van der Waals surface area contributed by atoms with Gasteiger partial charge in [0.2, 0.25) is 5.91 Å². The first kappa shape index (κ1) is 12.6. The molecule has 4 unspecified atom stereocenters. The van der Waals surface area contributed by atoms with E-state index in [1.807, 2.05) is 4.90 Å². The minimum atomic E-state index is -0.720. The Hall–Kier alpha value is -1.10. The molecule has 4 rings (SSSR count). The van der Waals surface area contributed by atoms with E-state index >= 15 is 0 Å². The molecule has 1 amide bonds. The van der Waals surface area contributed by atoms with E-state index in [9.17, 15) is 14.7 Å². The summed E-state index contributed by atoms with van der Waals surface area (Å²) in [6.45, 7) is 2.04. The Balaban J connectivity index is 1.49. The van der Waals surface area contributed by atoms with E-state index in [4.69, 9.17) is 0 Å². The SMILES string of the molecule is O=C(O)C1CC2CCC1N2C(=O)C1CC12CCNCC2. The zero-order valence-electron chi connectivity index (χ0n) is 11.7. The second-order valence-electron chi connectivity index (χ2n) is 7.09. The highest BCUT2D eigenvalue weighted by atomic mass is 16.4. The van der Waals surface area contributed by atoms with E-state index in [0.29, 0.717) is 6.42 Å². The first-order valence-electron chi connectivity index (χ1n) is 7.88. The Labute approximate surface area is 118 Å². The van der Waals surface area contributed by atoms with Crippen molar-refractivity contribution in [2.45, 2.75) is 50.6 Å². The van der Waals surface area contributed by atoms with Crippen LogP contribution in [0, 0.1) is 17.3 Å². The molecular weight excluding hydrogens is 256 g/mol. The summed E-state index contributed by atoms with van der Waals surface area (Å²) < 4.78 is 0. The third-order valence-electron chi connectivity index (χ3n) is 6.20. The average Bonchev–Trinajstić information content (AvgIpc) is 2.85. The van der Waals surface area contributed by atoms with E-state index in [-0.39, 0.29) is 35.2 Å². The van der Waals surface area contributed by atoms with Gasteiger partial charge in [0.15, 0.2) is 0 Å². The maximum absolute atomic E-state index is 12.8. The van der Waals surface area contributed by atoms with Crippen LogP contribution in [-0.2, 0) is 9.59 Å². The normalized spacial score (nSPS) is 41.1. The van der Waals surface area contributed by atoms with Gasteiger partial charge in [0, 0.05) is 18.0 Å². The van der Waals surface area contributed by atoms with Gasteiger partial charge in [-0.3, -0.25) is 9.59 Å². The van der Waals surface area contributed by atoms with Gasteiger partial charge in [-0.15, -0.1) is 0 Å². The lowest BCUT2D eigenvalue weighted by atomic mass is 9.89. The quantitative estimate of drug-likeness (QED) is 0.785. The fourth-order valence-corrected chi connectivity index (χ4v) is 4.95. The van der Waals surface area contributed by atoms with Crippen molar-refractivity contribution in [1.29, 1.82) is 0 Å². The molecule has 3 saturated heterocycles. The van der Waals surface area contributed by atoms with Crippen LogP contribution in [0.4, 0.5) is 0 Å². The van der Waals surface area contributed by atoms with E-state index in [1.165, 1.54) is 0 Å². The lowest BCUT2D eigenvalue weighted by Gasteiger charge is -2.27. The number of nitrogens with one attached hydrogen (secondary N) is 1. The second kappa shape index (κ2) is 4.20. The number of fused-ring (bicyclic) bond motifs is 2. The van der Waals surface area contributed by atoms with Crippen molar-refractivity contribution in [2.75, 3.05) is 13.1 Å². The predicted octanol–water partition coefficient (Wildman–Crippen LogP) is 0.840. The molecule has 2 N–H and O–H groups in total. The van der Waals surface area contributed by atoms with Crippen LogP contribution < -0.4 is 5.32 Å². The predicted molar refractivity (Wildman–Crippen MR) is 72.0 cm³/mol. The number of hydrogen-bond acceptors (Lipinski definition) is 3. The van der Waals surface area contributed by atoms with Crippen molar-refractivity contribution in [3.05, 3.63) is 0 Å². The summed E-state index contributed by atoms with van der Waals surface area (Å²) in [4.78, 5) is 26.1. The van der Waals surface area contributed by atoms with Gasteiger partial charge in [-0.2, -0.15) is 0 Å². The molecule has 1 saturated carbocycles. The minimum Gasteiger partial charge on any atom is -0.481 e. The van der Waals surface area contributed by atoms with E-state index < -0.39 is 5.97 Å². The molecule has 5 nitrogen and oxygen atoms in total. The number of carbonyl (C=O) groups excluding carboxylic acids is 1. The standard InChI is InChI=1S/C15H22N2O3/c18-13(11-8-15(11)3-5-16-6-4-15)17-9-1-2-12(17)10(7-9)14(19)20/h9-12,16H,1-8H2,(H,19,20). The fourth-order valence-electron chi connectivity index (χ4n) is 4.95. The van der Waals surface area contributed by atoms with Gasteiger partial charge in [-0.25, -0.2) is 0 Å². The first-order valence-corrected chi connectivity index (χ1v) is 7.88. The van der Waals surface area contributed by atoms with Crippen LogP contribution in [0.3, 0.4) is 0 Å². The van der Waals surface area contributed by atoms with Crippen LogP contribution in [0.1, 0.15) is 38.5 Å². The number of hydrogen-bond donors (Lipinski definition) is 2. The molecule has 0 aromatic heterocycles. The number of carbonyl (C=O) groups is 2. The van der Waals surface area contributed by atoms with E-state index in [1.54, 1.807) is 0 Å². The Kier molecular flexibility index (Phi) is 2.65. The number of piperidine rings is 1. The van der Waals surface area contributed by atoms with Gasteiger partial charge >= 0.3 is 5.97 Å². The van der Waals surface area contributed by atoms with Crippen LogP contribution in [0.2, 0.25) is 0 Å². The van der Waals surface area contributed by atoms with Crippen molar-refractivity contribution in [3.8, 4) is 0 Å². The highest BCUT2D eigenvalue weighted by molar-refractivity contribution is 5.85. The van der Waals surface area contributed by atoms with Crippen LogP contribution >= 0.6 is 0 Å². The van der Waals surface area contributed by atoms with Crippen molar-refractivity contribution >= 4 is 11.9 Å². The molecular formula is C15H22N2O3. The summed E-state index contributed by atoms with van der Waals surface area (Å²) >= 11 is 0. The minimum absolute atomic E-state index is 0.0237. The van der Waals surface area contributed by atoms with Gasteiger partial charge in [-0.05, 0) is 57.0 Å². The van der Waals surface area contributed by atoms with Crippen molar-refractivity contribution < 1.29 is 14.7 Å². The average molecular weight is 278 g/mol. The second-order valence-corrected chi connectivity index (χ2v) is 7.09. The third-order valence-corrected chi connectivity index (χ3v) is 6.20. The Morgan fingerprint density at radius 3 is 2.60 bits per heavy atom. The molecule has 1 aliphatic carbocycles. The molecule has 3 aliphatic heterocycles. The number of carboxylic acids is 1. The Morgan fingerprint density at radius 2 is 1.95 bits per heavy atom. The van der Waals surface area contributed by atoms with Crippen LogP contribution in [0.15, 0.2) is 0 Å². The Bertz CT molecular complexity index is 458. The van der Waals surface area contributed by atoms with Crippen molar-refractivity contribution in [2.24, 2.45) is 17.3 Å². The third kappa shape index (κ3) is 1.65. The molecule has 3 heterocycles. The lowest BCUT2D eigenvalue weighted by Crippen LogP contribution is -2.40. The summed E-state index contributed by atoms with van der Waals surface area (Å²) in [6.07, 6.45) is 5.80. The number of aliphatic carboxylic acids is 1. The summed E-state index contributed by atoms with van der Waals surface area (Å²) in [5, 5.41) is 12.6. The van der Waals surface area contributed by atoms with Crippen molar-refractivity contribution in [3.63, 3.8) is 0 Å². The molecule has 20 heavy (non-hydrogen) atoms. The van der Waals surface area contributed by atoms with Gasteiger partial charge in [0.25, 0.3) is 0 Å². The van der Waals surface area contributed by atoms with Gasteiger partial charge < -0.3 is 15.3 Å². The van der Waals surface area contributed by atoms with Crippen molar-refractivity contribution in [1.82, 2.24) is 10.2 Å². The highest BCUT2D eigenvalue weighted by Crippen LogP contribution is 2.60. The molecule has 0 radical (unpaired) electrons. The van der Waals surface area contributed by atoms with Crippen LogP contribution in [-0.4, -0.2) is 47.1 Å². The molecule has 5 heteroatoms. The molecule has 4 fully saturated rings. The molecule has 110 valence electrons. The molecule has 0 aromatic rings. The summed E-state index contributed by atoms with van der Waals surface area (Å²) in [6, 6.07) is 0.178. The maximum Gasteiger partial charge on any atom is 0.308 e. The topological polar surface area (TPSA) is 69.6 Å². The summed E-state index contributed by atoms with van der Waals surface area (Å²) in [5.41, 5.74) is 0.253. The molecule has 0 aromatic carbocycles. The largest absolute Gasteiger partial charge is 0.481 e. The Morgan fingerprint density at radius 1 is 1.20 bits per heavy atom. The smallest absolute Gasteiger partial charge is 0.308 e. The van der Waals surface area contributed by atoms with Gasteiger partial charge in [-0.1, -0.05) is 0 Å². The number of amides is 1. The van der Waals surface area contributed by atoms with E-state index in [2.05, 4.69) is 5.32 Å². The molecule has 4 atom stereocenters. The summed E-state index contributed by atoms with van der Waals surface area (Å²) in [5.74, 6) is -0.591. The van der Waals surface area contributed by atoms with Crippen LogP contribution in [0.25, 0.3) is 0 Å². The van der Waals surface area contributed by atoms with Gasteiger partial charge in [0.1, 0.15) is 0 Å². The number of rotatable bonds is 2. The number of nitrogens with zero attached hydrogens (tertiary/aromatic N) is 1. The first-order chi connectivity index (χ1) is 9.62. The maximum atomic E-state index is 12.8. The molecule has 1 spiro atoms. The number of carboxylic acid groups (broad SMARTS) is 1. The summed E-state index contributed by atoms with van der Waals surface area (Å²) in [7, 11) is 0. The highest BCUT2D eigenvalue weighted by Gasteiger charge is 2.62. The van der Waals surface area contributed by atoms with Crippen LogP contribution in [0.5, 0.6) is 0 Å². The zero-order valence-corrected chi connectivity index (χ0v) is 11.7. The molecule has 4 aliphatic rings. The monoisotopic (exact) mass is 278 g/mol. The van der Waals surface area contributed by atoms with Gasteiger partial charge in [0.05, 0.1) is 5.92 Å². The zero-order chi connectivity index (χ0) is 13.9.